The van der Waals surface area contributed by atoms with E-state index in [2.05, 4.69) is 14.7 Å². The molecule has 0 aliphatic heterocycles. The topological polar surface area (TPSA) is 141 Å². The van der Waals surface area contributed by atoms with Crippen LogP contribution in [-0.4, -0.2) is 48.6 Å². The van der Waals surface area contributed by atoms with Gasteiger partial charge in [0.05, 0.1) is 6.54 Å². The lowest BCUT2D eigenvalue weighted by Gasteiger charge is -2.10. The fourth-order valence-corrected chi connectivity index (χ4v) is 3.58. The summed E-state index contributed by atoms with van der Waals surface area (Å²) in [5, 5.41) is 8.41. The van der Waals surface area contributed by atoms with Crippen molar-refractivity contribution >= 4 is 6.08 Å². The van der Waals surface area contributed by atoms with Crippen LogP contribution in [0, 0.1) is 11.5 Å². The molecule has 0 fully saturated rings. The molecule has 1 heterocycles. The quantitative estimate of drug-likeness (QED) is 0.111. The van der Waals surface area contributed by atoms with Gasteiger partial charge in [-0.2, -0.15) is 5.26 Å². The van der Waals surface area contributed by atoms with Crippen LogP contribution in [0.4, 0.5) is 0 Å². The molecule has 0 N–H and O–H groups in total. The van der Waals surface area contributed by atoms with Crippen LogP contribution in [0.3, 0.4) is 0 Å². The summed E-state index contributed by atoms with van der Waals surface area (Å²) in [6.07, 6.45) is 13.3. The lowest BCUT2D eigenvalue weighted by Crippen LogP contribution is -2.47. The third kappa shape index (κ3) is 13.5. The van der Waals surface area contributed by atoms with Gasteiger partial charge < -0.3 is 13.9 Å². The second-order valence-corrected chi connectivity index (χ2v) is 8.27. The highest BCUT2D eigenvalue weighted by Gasteiger charge is 2.11. The molecule has 0 aliphatic carbocycles. The number of nitrogens with zero attached hydrogens (tertiary/aromatic N) is 5. The fraction of sp³-hybridized carbons (Fsp3) is 0.792. The van der Waals surface area contributed by atoms with Crippen LogP contribution in [0.25, 0.3) is 0 Å². The SMILES string of the molecule is COCCCCCC/N=c1\oc(=O)n(CCCCCCN=C=O)c(=O)n1CCCCCCOC#N. The number of rotatable bonds is 21. The predicted molar refractivity (Wildman–Crippen MR) is 129 cm³/mol. The summed E-state index contributed by atoms with van der Waals surface area (Å²) >= 11 is 0. The minimum Gasteiger partial charge on any atom is -0.428 e. The van der Waals surface area contributed by atoms with Gasteiger partial charge in [-0.15, -0.1) is 0 Å². The Kier molecular flexibility index (Phi) is 17.5. The average Bonchev–Trinajstić information content (AvgIpc) is 2.85. The third-order valence-corrected chi connectivity index (χ3v) is 5.50. The lowest BCUT2D eigenvalue weighted by molar-refractivity contribution is 0.192. The number of methoxy groups -OCH3 is 1. The highest BCUT2D eigenvalue weighted by atomic mass is 16.5. The second-order valence-electron chi connectivity index (χ2n) is 8.27. The molecule has 0 unspecified atom stereocenters. The van der Waals surface area contributed by atoms with E-state index in [-0.39, 0.29) is 12.2 Å². The van der Waals surface area contributed by atoms with Crippen LogP contribution in [0.5, 0.6) is 0 Å². The number of unbranched alkanes of at least 4 members (excludes halogenated alkanes) is 9. The first-order valence-corrected chi connectivity index (χ1v) is 12.5. The van der Waals surface area contributed by atoms with Gasteiger partial charge in [0.1, 0.15) is 6.61 Å². The first kappa shape index (κ1) is 30.1. The van der Waals surface area contributed by atoms with Gasteiger partial charge in [-0.25, -0.2) is 33.5 Å². The molecule has 0 aromatic carbocycles. The van der Waals surface area contributed by atoms with Crippen molar-refractivity contribution in [2.45, 2.75) is 90.1 Å². The number of hydrogen-bond donors (Lipinski definition) is 0. The first-order valence-electron chi connectivity index (χ1n) is 12.5. The highest BCUT2D eigenvalue weighted by molar-refractivity contribution is 5.32. The van der Waals surface area contributed by atoms with Crippen molar-refractivity contribution in [3.8, 4) is 6.26 Å². The molecule has 0 radical (unpaired) electrons. The zero-order chi connectivity index (χ0) is 25.6. The van der Waals surface area contributed by atoms with E-state index in [4.69, 9.17) is 14.4 Å². The Morgan fingerprint density at radius 1 is 0.829 bits per heavy atom. The first-order chi connectivity index (χ1) is 17.2. The van der Waals surface area contributed by atoms with Gasteiger partial charge in [-0.1, -0.05) is 32.1 Å². The smallest absolute Gasteiger partial charge is 0.425 e. The maximum atomic E-state index is 13.1. The van der Waals surface area contributed by atoms with Crippen LogP contribution in [0.2, 0.25) is 0 Å². The van der Waals surface area contributed by atoms with Crippen LogP contribution in [-0.2, 0) is 27.4 Å². The van der Waals surface area contributed by atoms with E-state index in [0.717, 1.165) is 81.8 Å². The minimum absolute atomic E-state index is 0.0766. The summed E-state index contributed by atoms with van der Waals surface area (Å²) in [4.78, 5) is 43.6. The highest BCUT2D eigenvalue weighted by Crippen LogP contribution is 2.03. The second kappa shape index (κ2) is 20.4. The Balaban J connectivity index is 2.80. The third-order valence-electron chi connectivity index (χ3n) is 5.50. The maximum Gasteiger partial charge on any atom is 0.425 e. The molecule has 0 amide bonds. The van der Waals surface area contributed by atoms with Crippen LogP contribution in [0.1, 0.15) is 77.0 Å². The normalized spacial score (nSPS) is 11.3. The molecule has 0 bridgehead atoms. The number of ether oxygens (including phenoxy) is 2. The zero-order valence-corrected chi connectivity index (χ0v) is 20.9. The molecule has 35 heavy (non-hydrogen) atoms. The van der Waals surface area contributed by atoms with Crippen molar-refractivity contribution in [1.29, 1.82) is 5.26 Å². The molecule has 11 heteroatoms. The number of carbonyl (C=O) groups excluding carboxylic acids is 1. The van der Waals surface area contributed by atoms with E-state index < -0.39 is 11.4 Å². The Labute approximate surface area is 206 Å². The molecule has 11 nitrogen and oxygen atoms in total. The van der Waals surface area contributed by atoms with Gasteiger partial charge in [0.15, 0.2) is 0 Å². The van der Waals surface area contributed by atoms with E-state index in [1.165, 1.54) is 10.6 Å². The summed E-state index contributed by atoms with van der Waals surface area (Å²) in [5.74, 6) is -0.690. The predicted octanol–water partition coefficient (Wildman–Crippen LogP) is 2.66. The van der Waals surface area contributed by atoms with E-state index in [1.54, 1.807) is 13.4 Å². The summed E-state index contributed by atoms with van der Waals surface area (Å²) < 4.78 is 17.8. The summed E-state index contributed by atoms with van der Waals surface area (Å²) in [5.41, 5.74) is -0.328. The Morgan fingerprint density at radius 3 is 2.09 bits per heavy atom. The van der Waals surface area contributed by atoms with Crippen molar-refractivity contribution in [3.05, 3.63) is 26.7 Å². The summed E-state index contributed by atoms with van der Waals surface area (Å²) in [6, 6.07) is 0. The number of hydrogen-bond acceptors (Lipinski definition) is 9. The van der Waals surface area contributed by atoms with E-state index in [9.17, 15) is 14.4 Å². The number of isocyanates is 1. The van der Waals surface area contributed by atoms with Gasteiger partial charge >= 0.3 is 17.1 Å². The number of aliphatic imine (C=N–C) groups is 1. The van der Waals surface area contributed by atoms with Crippen LogP contribution >= 0.6 is 0 Å². The molecular weight excluding hydrogens is 454 g/mol. The van der Waals surface area contributed by atoms with E-state index >= 15 is 0 Å². The van der Waals surface area contributed by atoms with Crippen molar-refractivity contribution in [2.24, 2.45) is 9.98 Å². The van der Waals surface area contributed by atoms with Crippen LogP contribution in [0.15, 0.2) is 24.0 Å². The zero-order valence-electron chi connectivity index (χ0n) is 20.9. The molecule has 1 aromatic heterocycles. The molecule has 1 aromatic rings. The number of aromatic nitrogens is 2. The Bertz CT molecular complexity index is 968. The van der Waals surface area contributed by atoms with Crippen LogP contribution < -0.4 is 17.1 Å². The monoisotopic (exact) mass is 493 g/mol. The van der Waals surface area contributed by atoms with Crippen molar-refractivity contribution in [2.75, 3.05) is 33.4 Å². The fourth-order valence-electron chi connectivity index (χ4n) is 3.58. The number of nitriles is 1. The molecule has 0 aliphatic rings. The molecule has 0 atom stereocenters. The molecular formula is C24H39N5O6. The average molecular weight is 494 g/mol. The maximum absolute atomic E-state index is 13.1. The molecule has 0 saturated carbocycles. The van der Waals surface area contributed by atoms with Crippen molar-refractivity contribution < 1.29 is 18.7 Å². The molecule has 196 valence electrons. The van der Waals surface area contributed by atoms with Gasteiger partial charge in [-0.3, -0.25) is 0 Å². The van der Waals surface area contributed by atoms with Gasteiger partial charge in [0.25, 0.3) is 6.26 Å². The minimum atomic E-state index is -0.690. The molecule has 0 saturated heterocycles. The van der Waals surface area contributed by atoms with Gasteiger partial charge in [-0.05, 0) is 44.9 Å². The van der Waals surface area contributed by atoms with E-state index in [1.807, 2.05) is 0 Å². The lowest BCUT2D eigenvalue weighted by atomic mass is 10.2. The summed E-state index contributed by atoms with van der Waals surface area (Å²) in [6.45, 7) is 2.72. The van der Waals surface area contributed by atoms with Gasteiger partial charge in [0.2, 0.25) is 6.08 Å². The largest absolute Gasteiger partial charge is 0.428 e. The summed E-state index contributed by atoms with van der Waals surface area (Å²) in [7, 11) is 1.68. The molecule has 0 spiro atoms. The Morgan fingerprint density at radius 2 is 1.43 bits per heavy atom. The van der Waals surface area contributed by atoms with Crippen molar-refractivity contribution in [1.82, 2.24) is 9.13 Å². The van der Waals surface area contributed by atoms with Crippen molar-refractivity contribution in [3.63, 3.8) is 0 Å². The standard InChI is InChI=1S/C24H39N5O6/c1-33-18-12-6-3-9-15-27-22-28(16-10-5-7-13-19-34-20-25)23(31)29(24(32)35-22)17-11-4-2-8-14-26-21-30/h2-19H2,1H3/b27-22-. The van der Waals surface area contributed by atoms with Gasteiger partial charge in [0, 0.05) is 33.4 Å². The molecule has 1 rings (SSSR count). The Hall–Kier alpha value is -2.96. The van der Waals surface area contributed by atoms with E-state index in [0.29, 0.717) is 32.7 Å².